The molecule has 0 aliphatic carbocycles. The average Bonchev–Trinajstić information content (AvgIpc) is 2.22. The number of nitrogens with two attached hydrogens (primary N) is 1. The van der Waals surface area contributed by atoms with Crippen molar-refractivity contribution < 1.29 is 38.5 Å². The summed E-state index contributed by atoms with van der Waals surface area (Å²) >= 11 is 0. The molecule has 0 radical (unpaired) electrons. The lowest BCUT2D eigenvalue weighted by molar-refractivity contribution is -0.0968. The summed E-state index contributed by atoms with van der Waals surface area (Å²) in [6.07, 6.45) is -6.36. The summed E-state index contributed by atoms with van der Waals surface area (Å²) in [5.41, 5.74) is 2.42. The molecule has 0 saturated carbocycles. The predicted octanol–water partition coefficient (Wildman–Crippen LogP) is -4.41. The normalized spacial score (nSPS) is 22.2. The van der Waals surface area contributed by atoms with Gasteiger partial charge in [-0.15, -0.1) is 0 Å². The van der Waals surface area contributed by atoms with Gasteiger partial charge in [0, 0.05) is 0 Å². The first kappa shape index (κ1) is 15.7. The molecule has 0 heterocycles. The molecule has 5 atom stereocenters. The zero-order chi connectivity index (χ0) is 13.1. The van der Waals surface area contributed by atoms with Crippen LogP contribution in [0.3, 0.4) is 0 Å². The van der Waals surface area contributed by atoms with E-state index in [0.29, 0.717) is 0 Å². The Bertz CT molecular complexity index is 306. The standard InChI is InChI=1S/C6H15NO8S/c7-2(1-8)3(9)4(10)5(11)6(12)16(13,14)15/h2-6,8-12H,1,7H2,(H,13,14,15)/t2-,3+,4-,5+,6?/m0/s1. The lowest BCUT2D eigenvalue weighted by Gasteiger charge is -2.27. The molecule has 98 valence electrons. The topological polar surface area (TPSA) is 182 Å². The Morgan fingerprint density at radius 3 is 1.75 bits per heavy atom. The smallest absolute Gasteiger partial charge is 0.294 e. The van der Waals surface area contributed by atoms with E-state index in [-0.39, 0.29) is 0 Å². The Hall–Kier alpha value is -0.330. The van der Waals surface area contributed by atoms with Gasteiger partial charge in [0.25, 0.3) is 10.1 Å². The Morgan fingerprint density at radius 1 is 1.00 bits per heavy atom. The van der Waals surface area contributed by atoms with Crippen molar-refractivity contribution in [2.45, 2.75) is 29.8 Å². The van der Waals surface area contributed by atoms with Gasteiger partial charge < -0.3 is 31.3 Å². The summed E-state index contributed by atoms with van der Waals surface area (Å²) in [4.78, 5) is 0. The molecule has 10 heteroatoms. The van der Waals surface area contributed by atoms with Crippen LogP contribution in [-0.2, 0) is 10.1 Å². The van der Waals surface area contributed by atoms with E-state index in [2.05, 4.69) is 0 Å². The highest BCUT2D eigenvalue weighted by atomic mass is 32.2. The second-order valence-corrected chi connectivity index (χ2v) is 4.74. The van der Waals surface area contributed by atoms with Gasteiger partial charge in [-0.05, 0) is 0 Å². The third-order valence-corrected chi connectivity index (χ3v) is 2.84. The molecule has 0 aromatic rings. The Kier molecular flexibility index (Phi) is 5.72. The van der Waals surface area contributed by atoms with Crippen LogP contribution in [0.15, 0.2) is 0 Å². The molecule has 0 bridgehead atoms. The molecule has 0 aromatic heterocycles. The van der Waals surface area contributed by atoms with Gasteiger partial charge in [0.15, 0.2) is 0 Å². The second-order valence-electron chi connectivity index (χ2n) is 3.22. The molecule has 0 spiro atoms. The number of hydrogen-bond acceptors (Lipinski definition) is 8. The molecule has 8 N–H and O–H groups in total. The van der Waals surface area contributed by atoms with Gasteiger partial charge in [-0.1, -0.05) is 0 Å². The molecular formula is C6H15NO8S. The van der Waals surface area contributed by atoms with Crippen LogP contribution in [0.4, 0.5) is 0 Å². The lowest BCUT2D eigenvalue weighted by atomic mass is 10.0. The van der Waals surface area contributed by atoms with E-state index in [1.165, 1.54) is 0 Å². The Labute approximate surface area is 91.5 Å². The molecule has 0 amide bonds. The summed E-state index contributed by atoms with van der Waals surface area (Å²) < 4.78 is 29.2. The Morgan fingerprint density at radius 2 is 1.44 bits per heavy atom. The SMILES string of the molecule is N[C@@H](CO)[C@@H](O)[C@H](O)[C@@H](O)C(O)S(=O)(=O)O. The minimum Gasteiger partial charge on any atom is -0.395 e. The average molecular weight is 261 g/mol. The van der Waals surface area contributed by atoms with Gasteiger partial charge in [0.05, 0.1) is 18.8 Å². The Balaban J connectivity index is 4.67. The maximum Gasteiger partial charge on any atom is 0.294 e. The van der Waals surface area contributed by atoms with E-state index in [0.717, 1.165) is 0 Å². The van der Waals surface area contributed by atoms with Crippen molar-refractivity contribution in [1.29, 1.82) is 0 Å². The number of rotatable bonds is 6. The van der Waals surface area contributed by atoms with Crippen molar-refractivity contribution in [1.82, 2.24) is 0 Å². The quantitative estimate of drug-likeness (QED) is 0.232. The van der Waals surface area contributed by atoms with E-state index in [4.69, 9.17) is 25.6 Å². The highest BCUT2D eigenvalue weighted by molar-refractivity contribution is 7.86. The lowest BCUT2D eigenvalue weighted by Crippen LogP contribution is -2.54. The van der Waals surface area contributed by atoms with Gasteiger partial charge in [0.2, 0.25) is 5.44 Å². The van der Waals surface area contributed by atoms with Gasteiger partial charge in [-0.3, -0.25) is 4.55 Å². The highest BCUT2D eigenvalue weighted by Gasteiger charge is 2.38. The van der Waals surface area contributed by atoms with Gasteiger partial charge in [0.1, 0.15) is 12.2 Å². The molecule has 0 fully saturated rings. The molecule has 0 aliphatic rings. The van der Waals surface area contributed by atoms with E-state index in [1.807, 2.05) is 0 Å². The zero-order valence-electron chi connectivity index (χ0n) is 8.08. The van der Waals surface area contributed by atoms with Crippen molar-refractivity contribution >= 4 is 10.1 Å². The molecule has 9 nitrogen and oxygen atoms in total. The largest absolute Gasteiger partial charge is 0.395 e. The summed E-state index contributed by atoms with van der Waals surface area (Å²) in [7, 11) is -4.98. The molecule has 1 unspecified atom stereocenters. The summed E-state index contributed by atoms with van der Waals surface area (Å²) in [5, 5.41) is 44.9. The third-order valence-electron chi connectivity index (χ3n) is 1.95. The van der Waals surface area contributed by atoms with Crippen LogP contribution in [0.25, 0.3) is 0 Å². The van der Waals surface area contributed by atoms with Crippen LogP contribution in [0.5, 0.6) is 0 Å². The predicted molar refractivity (Wildman–Crippen MR) is 50.6 cm³/mol. The van der Waals surface area contributed by atoms with Crippen LogP contribution in [0, 0.1) is 0 Å². The number of aliphatic hydroxyl groups excluding tert-OH is 5. The van der Waals surface area contributed by atoms with Gasteiger partial charge in [-0.25, -0.2) is 0 Å². The molecule has 0 aromatic carbocycles. The fraction of sp³-hybridized carbons (Fsp3) is 1.00. The van der Waals surface area contributed by atoms with E-state index >= 15 is 0 Å². The first-order valence-electron chi connectivity index (χ1n) is 4.18. The van der Waals surface area contributed by atoms with Crippen LogP contribution in [0.2, 0.25) is 0 Å². The van der Waals surface area contributed by atoms with E-state index in [9.17, 15) is 18.6 Å². The van der Waals surface area contributed by atoms with Crippen molar-refractivity contribution in [3.8, 4) is 0 Å². The minimum atomic E-state index is -4.98. The molecule has 0 saturated heterocycles. The van der Waals surface area contributed by atoms with Crippen molar-refractivity contribution in [2.75, 3.05) is 6.61 Å². The first-order valence-corrected chi connectivity index (χ1v) is 5.68. The zero-order valence-corrected chi connectivity index (χ0v) is 8.90. The number of hydrogen-bond donors (Lipinski definition) is 7. The van der Waals surface area contributed by atoms with Crippen molar-refractivity contribution in [3.63, 3.8) is 0 Å². The van der Waals surface area contributed by atoms with Crippen LogP contribution < -0.4 is 5.73 Å². The van der Waals surface area contributed by atoms with Crippen molar-refractivity contribution in [3.05, 3.63) is 0 Å². The molecule has 0 aliphatic heterocycles. The molecule has 0 rings (SSSR count). The van der Waals surface area contributed by atoms with Gasteiger partial charge in [-0.2, -0.15) is 8.42 Å². The van der Waals surface area contributed by atoms with Crippen LogP contribution >= 0.6 is 0 Å². The minimum absolute atomic E-state index is 0.729. The van der Waals surface area contributed by atoms with Gasteiger partial charge >= 0.3 is 0 Å². The van der Waals surface area contributed by atoms with Crippen molar-refractivity contribution in [2.24, 2.45) is 5.73 Å². The second kappa shape index (κ2) is 5.84. The maximum absolute atomic E-state index is 10.4. The summed E-state index contributed by atoms with van der Waals surface area (Å²) in [6.45, 7) is -0.729. The van der Waals surface area contributed by atoms with E-state index < -0.39 is 46.5 Å². The van der Waals surface area contributed by atoms with Crippen LogP contribution in [0.1, 0.15) is 0 Å². The molecular weight excluding hydrogens is 246 g/mol. The first-order chi connectivity index (χ1) is 7.12. The summed E-state index contributed by atoms with van der Waals surface area (Å²) in [6, 6.07) is -1.33. The fourth-order valence-electron chi connectivity index (χ4n) is 0.908. The number of aliphatic hydroxyl groups is 5. The fourth-order valence-corrected chi connectivity index (χ4v) is 1.42. The highest BCUT2D eigenvalue weighted by Crippen LogP contribution is 2.10. The molecule has 16 heavy (non-hydrogen) atoms. The van der Waals surface area contributed by atoms with E-state index in [1.54, 1.807) is 0 Å². The monoisotopic (exact) mass is 261 g/mol. The summed E-state index contributed by atoms with van der Waals surface area (Å²) in [5.74, 6) is 0. The third kappa shape index (κ3) is 3.92. The maximum atomic E-state index is 10.4. The van der Waals surface area contributed by atoms with Crippen LogP contribution in [-0.4, -0.2) is 74.9 Å².